The van der Waals surface area contributed by atoms with Crippen molar-refractivity contribution in [3.05, 3.63) is 58.9 Å². The highest BCUT2D eigenvalue weighted by Gasteiger charge is 2.33. The Bertz CT molecular complexity index is 949. The second-order valence-electron chi connectivity index (χ2n) is 6.00. The van der Waals surface area contributed by atoms with Gasteiger partial charge in [0.2, 0.25) is 5.91 Å². The van der Waals surface area contributed by atoms with Gasteiger partial charge in [0.1, 0.15) is 5.82 Å². The van der Waals surface area contributed by atoms with Crippen molar-refractivity contribution in [3.8, 4) is 11.5 Å². The lowest BCUT2D eigenvalue weighted by Crippen LogP contribution is -2.36. The van der Waals surface area contributed by atoms with Crippen molar-refractivity contribution in [2.24, 2.45) is 0 Å². The fourth-order valence-electron chi connectivity index (χ4n) is 2.49. The molecule has 0 spiro atoms. The maximum atomic E-state index is 13.1. The van der Waals surface area contributed by atoms with Gasteiger partial charge >= 0.3 is 12.8 Å². The Morgan fingerprint density at radius 2 is 1.74 bits per heavy atom. The molecule has 0 saturated carbocycles. The number of hydrogen-bond donors (Lipinski definition) is 2. The lowest BCUT2D eigenvalue weighted by molar-refractivity contribution is -0.138. The van der Waals surface area contributed by atoms with Gasteiger partial charge < -0.3 is 20.1 Å². The molecule has 2 aromatic carbocycles. The smallest absolute Gasteiger partial charge is 0.416 e. The maximum Gasteiger partial charge on any atom is 0.416 e. The molecule has 0 unspecified atom stereocenters. The Morgan fingerprint density at radius 1 is 1.03 bits per heavy atom. The number of carbonyl (C=O) groups excluding carboxylic acids is 2. The predicted octanol–water partition coefficient (Wildman–Crippen LogP) is 3.50. The average Bonchev–Trinajstić information content (AvgIpc) is 2.70. The molecule has 0 aliphatic carbocycles. The first kappa shape index (κ1) is 23.8. The van der Waals surface area contributed by atoms with Gasteiger partial charge in [-0.25, -0.2) is 4.39 Å². The van der Waals surface area contributed by atoms with Crippen LogP contribution in [0.5, 0.6) is 11.5 Å². The zero-order valence-corrected chi connectivity index (χ0v) is 15.9. The number of benzene rings is 2. The molecule has 0 atom stereocenters. The molecule has 0 heterocycles. The maximum absolute atomic E-state index is 13.1. The number of alkyl halides is 5. The summed E-state index contributed by atoms with van der Waals surface area (Å²) in [6, 6.07) is 5.38. The van der Waals surface area contributed by atoms with E-state index in [9.17, 15) is 35.9 Å². The molecule has 2 amide bonds. The fraction of sp³-hybridized carbons (Fsp3) is 0.263. The summed E-state index contributed by atoms with van der Waals surface area (Å²) in [5, 5.41) is 4.41. The van der Waals surface area contributed by atoms with E-state index in [0.29, 0.717) is 6.07 Å². The SMILES string of the molecule is COc1cc(C(=O)NCC(=O)NCc2ccc(F)cc2C(F)(F)F)ccc1OC(F)F. The Labute approximate surface area is 172 Å². The Hall–Kier alpha value is -3.44. The normalized spacial score (nSPS) is 11.2. The van der Waals surface area contributed by atoms with Gasteiger partial charge in [0, 0.05) is 12.1 Å². The first-order chi connectivity index (χ1) is 14.5. The van der Waals surface area contributed by atoms with Gasteiger partial charge in [-0.3, -0.25) is 9.59 Å². The topological polar surface area (TPSA) is 76.7 Å². The minimum absolute atomic E-state index is 0.0378. The second kappa shape index (κ2) is 10.0. The third-order valence-corrected chi connectivity index (χ3v) is 3.90. The summed E-state index contributed by atoms with van der Waals surface area (Å²) >= 11 is 0. The van der Waals surface area contributed by atoms with Crippen molar-refractivity contribution in [2.45, 2.75) is 19.3 Å². The van der Waals surface area contributed by atoms with E-state index in [0.717, 1.165) is 30.3 Å². The number of carbonyl (C=O) groups is 2. The predicted molar refractivity (Wildman–Crippen MR) is 95.2 cm³/mol. The molecule has 12 heteroatoms. The molecule has 0 fully saturated rings. The van der Waals surface area contributed by atoms with Crippen molar-refractivity contribution < 1.29 is 45.4 Å². The van der Waals surface area contributed by atoms with Crippen molar-refractivity contribution in [1.82, 2.24) is 10.6 Å². The van der Waals surface area contributed by atoms with Crippen LogP contribution in [0.3, 0.4) is 0 Å². The Morgan fingerprint density at radius 3 is 2.35 bits per heavy atom. The number of ether oxygens (including phenoxy) is 2. The van der Waals surface area contributed by atoms with E-state index in [-0.39, 0.29) is 22.6 Å². The first-order valence-electron chi connectivity index (χ1n) is 8.54. The molecule has 0 aliphatic heterocycles. The Kier molecular flexibility index (Phi) is 7.72. The van der Waals surface area contributed by atoms with E-state index in [1.807, 2.05) is 0 Å². The first-order valence-corrected chi connectivity index (χ1v) is 8.54. The van der Waals surface area contributed by atoms with Crippen LogP contribution in [0.2, 0.25) is 0 Å². The molecule has 2 rings (SSSR count). The molecule has 31 heavy (non-hydrogen) atoms. The molecule has 0 bridgehead atoms. The average molecular weight is 450 g/mol. The van der Waals surface area contributed by atoms with Crippen LogP contribution >= 0.6 is 0 Å². The third-order valence-electron chi connectivity index (χ3n) is 3.90. The molecule has 168 valence electrons. The molecular formula is C19H16F6N2O4. The number of hydrogen-bond acceptors (Lipinski definition) is 4. The van der Waals surface area contributed by atoms with Crippen LogP contribution in [0.1, 0.15) is 21.5 Å². The van der Waals surface area contributed by atoms with Crippen LogP contribution in [0.15, 0.2) is 36.4 Å². The van der Waals surface area contributed by atoms with Crippen LogP contribution < -0.4 is 20.1 Å². The van der Waals surface area contributed by atoms with Crippen LogP contribution in [-0.2, 0) is 17.5 Å². The van der Waals surface area contributed by atoms with Gasteiger partial charge in [-0.05, 0) is 35.9 Å². The van der Waals surface area contributed by atoms with E-state index < -0.39 is 49.1 Å². The van der Waals surface area contributed by atoms with Gasteiger partial charge in [0.05, 0.1) is 19.2 Å². The van der Waals surface area contributed by atoms with E-state index in [1.54, 1.807) is 0 Å². The molecule has 0 radical (unpaired) electrons. The number of methoxy groups -OCH3 is 1. The van der Waals surface area contributed by atoms with Crippen LogP contribution in [0.25, 0.3) is 0 Å². The van der Waals surface area contributed by atoms with Crippen molar-refractivity contribution >= 4 is 11.8 Å². The summed E-state index contributed by atoms with van der Waals surface area (Å²) in [5.74, 6) is -3.10. The molecule has 0 saturated heterocycles. The number of amides is 2. The van der Waals surface area contributed by atoms with Gasteiger partial charge in [-0.2, -0.15) is 22.0 Å². The monoisotopic (exact) mass is 450 g/mol. The van der Waals surface area contributed by atoms with E-state index >= 15 is 0 Å². The molecule has 0 aromatic heterocycles. The summed E-state index contributed by atoms with van der Waals surface area (Å²) in [6.45, 7) is -4.23. The molecular weight excluding hydrogens is 434 g/mol. The van der Waals surface area contributed by atoms with E-state index in [2.05, 4.69) is 15.4 Å². The fourth-order valence-corrected chi connectivity index (χ4v) is 2.49. The van der Waals surface area contributed by atoms with E-state index in [1.165, 1.54) is 7.11 Å². The van der Waals surface area contributed by atoms with Crippen molar-refractivity contribution in [2.75, 3.05) is 13.7 Å². The van der Waals surface area contributed by atoms with Crippen LogP contribution in [0.4, 0.5) is 26.3 Å². The minimum atomic E-state index is -4.81. The molecule has 6 nitrogen and oxygen atoms in total. The lowest BCUT2D eigenvalue weighted by atomic mass is 10.1. The summed E-state index contributed by atoms with van der Waals surface area (Å²) < 4.78 is 85.7. The van der Waals surface area contributed by atoms with Crippen molar-refractivity contribution in [1.29, 1.82) is 0 Å². The summed E-state index contributed by atoms with van der Waals surface area (Å²) in [4.78, 5) is 24.0. The summed E-state index contributed by atoms with van der Waals surface area (Å²) in [5.41, 5.74) is -1.62. The minimum Gasteiger partial charge on any atom is -0.493 e. The Balaban J connectivity index is 1.96. The zero-order chi connectivity index (χ0) is 23.2. The van der Waals surface area contributed by atoms with E-state index in [4.69, 9.17) is 4.74 Å². The standard InChI is InChI=1S/C19H16F6N2O4/c1-30-15-6-10(3-5-14(15)31-18(21)22)17(29)27-9-16(28)26-8-11-2-4-12(20)7-13(11)19(23,24)25/h2-7,18H,8-9H2,1H3,(H,26,28)(H,27,29). The highest BCUT2D eigenvalue weighted by Crippen LogP contribution is 2.32. The van der Waals surface area contributed by atoms with Gasteiger partial charge in [-0.1, -0.05) is 6.07 Å². The summed E-state index contributed by atoms with van der Waals surface area (Å²) in [7, 11) is 1.17. The number of rotatable bonds is 8. The third kappa shape index (κ3) is 6.79. The number of halogens is 6. The van der Waals surface area contributed by atoms with Gasteiger partial charge in [-0.15, -0.1) is 0 Å². The van der Waals surface area contributed by atoms with Crippen molar-refractivity contribution in [3.63, 3.8) is 0 Å². The largest absolute Gasteiger partial charge is 0.493 e. The van der Waals surface area contributed by atoms with Gasteiger partial charge in [0.25, 0.3) is 5.91 Å². The molecule has 2 aromatic rings. The van der Waals surface area contributed by atoms with Crippen LogP contribution in [0, 0.1) is 5.82 Å². The highest BCUT2D eigenvalue weighted by atomic mass is 19.4. The molecule has 2 N–H and O–H groups in total. The van der Waals surface area contributed by atoms with Crippen LogP contribution in [-0.4, -0.2) is 32.1 Å². The summed E-state index contributed by atoms with van der Waals surface area (Å²) in [6.07, 6.45) is -4.81. The number of nitrogens with one attached hydrogen (secondary N) is 2. The highest BCUT2D eigenvalue weighted by molar-refractivity contribution is 5.97. The molecule has 0 aliphatic rings. The second-order valence-corrected chi connectivity index (χ2v) is 6.00. The lowest BCUT2D eigenvalue weighted by Gasteiger charge is -2.14. The zero-order valence-electron chi connectivity index (χ0n) is 15.9. The quantitative estimate of drug-likeness (QED) is 0.604. The van der Waals surface area contributed by atoms with Gasteiger partial charge in [0.15, 0.2) is 11.5 Å².